The van der Waals surface area contributed by atoms with Crippen molar-refractivity contribution in [1.82, 2.24) is 0 Å². The fourth-order valence-corrected chi connectivity index (χ4v) is 5.85. The molecule has 0 saturated carbocycles. The van der Waals surface area contributed by atoms with E-state index < -0.39 is 21.7 Å². The Balaban J connectivity index is 3.96. The molecule has 0 aliphatic heterocycles. The first-order chi connectivity index (χ1) is 5.24. The zero-order valence-corrected chi connectivity index (χ0v) is 11.1. The molecule has 0 heterocycles. The first-order valence-electron chi connectivity index (χ1n) is 3.62. The molecular formula is C6H16HfO4. The third-order valence-electron chi connectivity index (χ3n) is 1.14. The van der Waals surface area contributed by atoms with E-state index in [-0.39, 0.29) is 0 Å². The monoisotopic (exact) mass is 332 g/mol. The summed E-state index contributed by atoms with van der Waals surface area (Å²) in [5, 5.41) is 0. The average Bonchev–Trinajstić information content (AvgIpc) is 2.04. The van der Waals surface area contributed by atoms with Crippen LogP contribution in [0.2, 0.25) is 0 Å². The second-order valence-corrected chi connectivity index (χ2v) is 10.4. The topological polar surface area (TPSA) is 36.9 Å². The van der Waals surface area contributed by atoms with Gasteiger partial charge in [0.2, 0.25) is 0 Å². The van der Waals surface area contributed by atoms with E-state index in [4.69, 9.17) is 11.4 Å². The van der Waals surface area contributed by atoms with E-state index in [0.29, 0.717) is 13.2 Å². The molecule has 0 rings (SSSR count). The maximum absolute atomic E-state index is 5.32. The van der Waals surface area contributed by atoms with Crippen molar-refractivity contribution in [3.05, 3.63) is 0 Å². The molecule has 11 heavy (non-hydrogen) atoms. The second kappa shape index (κ2) is 6.25. The van der Waals surface area contributed by atoms with Crippen LogP contribution in [-0.2, 0) is 33.1 Å². The first kappa shape index (κ1) is 11.7. The van der Waals surface area contributed by atoms with Gasteiger partial charge in [0.05, 0.1) is 0 Å². The van der Waals surface area contributed by atoms with Crippen LogP contribution < -0.4 is 0 Å². The molecule has 0 bridgehead atoms. The normalized spacial score (nSPS) is 12.0. The van der Waals surface area contributed by atoms with Gasteiger partial charge in [-0.15, -0.1) is 0 Å². The molecule has 0 fully saturated rings. The number of rotatable bonds is 6. The molecular weight excluding hydrogens is 315 g/mol. The molecule has 0 aliphatic rings. The van der Waals surface area contributed by atoms with Gasteiger partial charge in [0.15, 0.2) is 0 Å². The molecule has 0 amide bonds. The van der Waals surface area contributed by atoms with Crippen molar-refractivity contribution in [2.75, 3.05) is 27.4 Å². The van der Waals surface area contributed by atoms with E-state index in [9.17, 15) is 0 Å². The summed E-state index contributed by atoms with van der Waals surface area (Å²) in [6, 6.07) is 0. The van der Waals surface area contributed by atoms with Gasteiger partial charge in [-0.05, 0) is 0 Å². The molecule has 0 N–H and O–H groups in total. The fraction of sp³-hybridized carbons (Fsp3) is 1.00. The van der Waals surface area contributed by atoms with E-state index >= 15 is 0 Å². The van der Waals surface area contributed by atoms with Crippen molar-refractivity contribution in [2.45, 2.75) is 13.8 Å². The van der Waals surface area contributed by atoms with Gasteiger partial charge in [0.1, 0.15) is 0 Å². The summed E-state index contributed by atoms with van der Waals surface area (Å²) in [6.07, 6.45) is 0. The van der Waals surface area contributed by atoms with Gasteiger partial charge >= 0.3 is 74.4 Å². The van der Waals surface area contributed by atoms with E-state index in [1.54, 1.807) is 14.2 Å². The van der Waals surface area contributed by atoms with Gasteiger partial charge < -0.3 is 0 Å². The van der Waals surface area contributed by atoms with Crippen LogP contribution in [0.1, 0.15) is 13.8 Å². The molecule has 5 heteroatoms. The Kier molecular flexibility index (Phi) is 6.65. The summed E-state index contributed by atoms with van der Waals surface area (Å²) < 4.78 is 20.9. The van der Waals surface area contributed by atoms with Crippen LogP contribution >= 0.6 is 0 Å². The zero-order valence-electron chi connectivity index (χ0n) is 7.55. The molecule has 0 aromatic heterocycles. The van der Waals surface area contributed by atoms with Crippen molar-refractivity contribution in [3.8, 4) is 0 Å². The maximum atomic E-state index is 5.32. The molecule has 0 aromatic rings. The van der Waals surface area contributed by atoms with Crippen LogP contribution in [0.25, 0.3) is 0 Å². The summed E-state index contributed by atoms with van der Waals surface area (Å²) in [6.45, 7) is 4.93. The number of hydrogen-bond donors (Lipinski definition) is 0. The summed E-state index contributed by atoms with van der Waals surface area (Å²) in [7, 11) is 3.13. The molecule has 4 nitrogen and oxygen atoms in total. The molecule has 0 unspecified atom stereocenters. The van der Waals surface area contributed by atoms with Crippen molar-refractivity contribution >= 4 is 0 Å². The van der Waals surface area contributed by atoms with Gasteiger partial charge in [0.25, 0.3) is 0 Å². The standard InChI is InChI=1S/2C2H5O.2CH3O.Hf/c2*1-2-3;2*1-2;/h2*2H2,1H3;2*1H3;/q4*-1;+4. The Morgan fingerprint density at radius 2 is 1.27 bits per heavy atom. The molecule has 0 radical (unpaired) electrons. The van der Waals surface area contributed by atoms with Crippen LogP contribution in [0, 0.1) is 0 Å². The van der Waals surface area contributed by atoms with E-state index in [1.807, 2.05) is 13.8 Å². The summed E-state index contributed by atoms with van der Waals surface area (Å²) in [5.74, 6) is 0. The predicted octanol–water partition coefficient (Wildman–Crippen LogP) is 1.17. The third kappa shape index (κ3) is 3.76. The summed E-state index contributed by atoms with van der Waals surface area (Å²) >= 11 is -3.60. The van der Waals surface area contributed by atoms with Crippen LogP contribution in [0.5, 0.6) is 0 Å². The minimum atomic E-state index is -3.60. The molecule has 0 saturated heterocycles. The van der Waals surface area contributed by atoms with Gasteiger partial charge in [0, 0.05) is 0 Å². The molecule has 0 atom stereocenters. The number of hydrogen-bond acceptors (Lipinski definition) is 4. The Bertz CT molecular complexity index is 86.6. The van der Waals surface area contributed by atoms with Crippen molar-refractivity contribution < 1.29 is 33.1 Å². The molecule has 68 valence electrons. The Hall–Kier alpha value is 0.710. The van der Waals surface area contributed by atoms with Crippen LogP contribution in [-0.4, -0.2) is 27.4 Å². The minimum absolute atomic E-state index is 0.573. The van der Waals surface area contributed by atoms with E-state index in [2.05, 4.69) is 0 Å². The van der Waals surface area contributed by atoms with Gasteiger partial charge in [-0.1, -0.05) is 0 Å². The van der Waals surface area contributed by atoms with Gasteiger partial charge in [-0.3, -0.25) is 0 Å². The quantitative estimate of drug-likeness (QED) is 0.685. The summed E-state index contributed by atoms with van der Waals surface area (Å²) in [5.41, 5.74) is 0. The van der Waals surface area contributed by atoms with E-state index in [0.717, 1.165) is 0 Å². The van der Waals surface area contributed by atoms with Crippen LogP contribution in [0.3, 0.4) is 0 Å². The van der Waals surface area contributed by atoms with Crippen molar-refractivity contribution in [1.29, 1.82) is 0 Å². The second-order valence-electron chi connectivity index (χ2n) is 1.77. The molecule has 0 aromatic carbocycles. The van der Waals surface area contributed by atoms with Gasteiger partial charge in [-0.2, -0.15) is 0 Å². The SMILES string of the molecule is CC[O][Hf]([O]C)([O]C)[O]CC. The summed E-state index contributed by atoms with van der Waals surface area (Å²) in [4.78, 5) is 0. The molecule has 0 aliphatic carbocycles. The first-order valence-corrected chi connectivity index (χ1v) is 9.49. The van der Waals surface area contributed by atoms with Crippen LogP contribution in [0.15, 0.2) is 0 Å². The zero-order chi connectivity index (χ0) is 8.74. The van der Waals surface area contributed by atoms with E-state index in [1.165, 1.54) is 0 Å². The fourth-order valence-electron chi connectivity index (χ4n) is 0.714. The Labute approximate surface area is 74.5 Å². The Morgan fingerprint density at radius 3 is 1.45 bits per heavy atom. The third-order valence-corrected chi connectivity index (χ3v) is 9.35. The van der Waals surface area contributed by atoms with Gasteiger partial charge in [-0.25, -0.2) is 0 Å². The van der Waals surface area contributed by atoms with Crippen molar-refractivity contribution in [3.63, 3.8) is 0 Å². The predicted molar refractivity (Wildman–Crippen MR) is 37.3 cm³/mol. The Morgan fingerprint density at radius 1 is 0.909 bits per heavy atom. The van der Waals surface area contributed by atoms with Crippen molar-refractivity contribution in [2.24, 2.45) is 0 Å². The average molecular weight is 331 g/mol. The van der Waals surface area contributed by atoms with Crippen LogP contribution in [0.4, 0.5) is 0 Å². The molecule has 0 spiro atoms.